The van der Waals surface area contributed by atoms with Crippen LogP contribution >= 0.6 is 0 Å². The summed E-state index contributed by atoms with van der Waals surface area (Å²) >= 11 is 0. The minimum absolute atomic E-state index is 0.133. The molecule has 0 spiro atoms. The van der Waals surface area contributed by atoms with Crippen LogP contribution in [0.1, 0.15) is 66.8 Å². The first-order valence-electron chi connectivity index (χ1n) is 10.1. The molecule has 2 aliphatic rings. The molecule has 2 N–H and O–H groups in total. The second kappa shape index (κ2) is 7.34. The molecule has 28 heavy (non-hydrogen) atoms. The van der Waals surface area contributed by atoms with E-state index in [-0.39, 0.29) is 11.8 Å². The van der Waals surface area contributed by atoms with E-state index in [0.29, 0.717) is 28.7 Å². The Balaban J connectivity index is 1.54. The monoisotopic (exact) mass is 381 g/mol. The molecule has 2 aromatic rings. The van der Waals surface area contributed by atoms with E-state index in [2.05, 4.69) is 22.1 Å². The first-order chi connectivity index (χ1) is 13.4. The van der Waals surface area contributed by atoms with Crippen LogP contribution in [0, 0.1) is 13.8 Å². The van der Waals surface area contributed by atoms with Crippen LogP contribution in [0.5, 0.6) is 5.75 Å². The van der Waals surface area contributed by atoms with Gasteiger partial charge in [0.1, 0.15) is 5.75 Å². The zero-order chi connectivity index (χ0) is 19.8. The Kier molecular flexibility index (Phi) is 4.87. The molecule has 1 saturated carbocycles. The highest BCUT2D eigenvalue weighted by atomic mass is 16.5. The van der Waals surface area contributed by atoms with E-state index in [1.807, 2.05) is 13.0 Å². The fourth-order valence-corrected chi connectivity index (χ4v) is 4.39. The third-order valence-electron chi connectivity index (χ3n) is 5.84. The lowest BCUT2D eigenvalue weighted by Gasteiger charge is -2.26. The van der Waals surface area contributed by atoms with Gasteiger partial charge < -0.3 is 19.9 Å². The number of hydrogen-bond donors (Lipinski definition) is 2. The van der Waals surface area contributed by atoms with Crippen molar-refractivity contribution < 1.29 is 14.3 Å². The predicted octanol–water partition coefficient (Wildman–Crippen LogP) is 4.58. The molecule has 1 aliphatic carbocycles. The third kappa shape index (κ3) is 3.39. The summed E-state index contributed by atoms with van der Waals surface area (Å²) in [5.41, 5.74) is 4.06. The van der Waals surface area contributed by atoms with E-state index >= 15 is 0 Å². The van der Waals surface area contributed by atoms with E-state index in [1.54, 1.807) is 25.1 Å². The third-order valence-corrected chi connectivity index (χ3v) is 5.84. The number of fused-ring (bicyclic) bond motifs is 1. The number of aryl methyl sites for hydroxylation is 1. The number of hydrogen-bond acceptors (Lipinski definition) is 3. The summed E-state index contributed by atoms with van der Waals surface area (Å²) in [5, 5.41) is 5.77. The Morgan fingerprint density at radius 2 is 1.93 bits per heavy atom. The fourth-order valence-electron chi connectivity index (χ4n) is 4.39. The summed E-state index contributed by atoms with van der Waals surface area (Å²) in [5.74, 6) is 0.291. The molecule has 1 aromatic carbocycles. The number of ether oxygens (including phenoxy) is 1. The van der Waals surface area contributed by atoms with Crippen LogP contribution in [0.25, 0.3) is 0 Å². The molecule has 2 heterocycles. The maximum Gasteiger partial charge on any atom is 0.265 e. The highest BCUT2D eigenvalue weighted by Crippen LogP contribution is 2.34. The van der Waals surface area contributed by atoms with Crippen molar-refractivity contribution in [3.8, 4) is 5.75 Å². The standard InChI is InChI=1S/C22H27N3O3/c1-13-11-18(14(2)25(13)17-7-5-4-6-8-17)22(27)23-16-9-10-20-19(12-16)24-21(26)15(3)28-20/h9-12,15,17H,4-8H2,1-3H3,(H,23,27)(H,24,26)/t15-/m0/s1. The SMILES string of the molecule is Cc1cc(C(=O)Nc2ccc3c(c2)NC(=O)[C@H](C)O3)c(C)n1C1CCCCC1. The summed E-state index contributed by atoms with van der Waals surface area (Å²) < 4.78 is 7.90. The van der Waals surface area contributed by atoms with Crippen molar-refractivity contribution >= 4 is 23.2 Å². The summed E-state index contributed by atoms with van der Waals surface area (Å²) in [4.78, 5) is 24.7. The molecule has 1 atom stereocenters. The van der Waals surface area contributed by atoms with Crippen molar-refractivity contribution in [2.45, 2.75) is 65.0 Å². The van der Waals surface area contributed by atoms with Crippen LogP contribution < -0.4 is 15.4 Å². The van der Waals surface area contributed by atoms with Crippen LogP contribution in [0.2, 0.25) is 0 Å². The Hall–Kier alpha value is -2.76. The first kappa shape index (κ1) is 18.6. The molecule has 0 bridgehead atoms. The van der Waals surface area contributed by atoms with Gasteiger partial charge in [-0.2, -0.15) is 0 Å². The number of aromatic nitrogens is 1. The second-order valence-electron chi connectivity index (χ2n) is 7.86. The van der Waals surface area contributed by atoms with Crippen molar-refractivity contribution in [1.29, 1.82) is 0 Å². The normalized spacial score (nSPS) is 19.5. The van der Waals surface area contributed by atoms with E-state index in [1.165, 1.54) is 32.1 Å². The van der Waals surface area contributed by atoms with E-state index in [4.69, 9.17) is 4.74 Å². The Bertz CT molecular complexity index is 925. The van der Waals surface area contributed by atoms with Gasteiger partial charge in [-0.1, -0.05) is 19.3 Å². The molecule has 0 radical (unpaired) electrons. The molecule has 4 rings (SSSR count). The number of amides is 2. The number of nitrogens with one attached hydrogen (secondary N) is 2. The lowest BCUT2D eigenvalue weighted by Crippen LogP contribution is -2.34. The van der Waals surface area contributed by atoms with E-state index in [9.17, 15) is 9.59 Å². The Morgan fingerprint density at radius 3 is 2.68 bits per heavy atom. The Morgan fingerprint density at radius 1 is 1.18 bits per heavy atom. The zero-order valence-electron chi connectivity index (χ0n) is 16.7. The lowest BCUT2D eigenvalue weighted by atomic mass is 9.95. The molecular weight excluding hydrogens is 354 g/mol. The summed E-state index contributed by atoms with van der Waals surface area (Å²) in [6, 6.07) is 7.77. The van der Waals surface area contributed by atoms with Gasteiger partial charge in [0.05, 0.1) is 11.3 Å². The van der Waals surface area contributed by atoms with E-state index in [0.717, 1.165) is 11.4 Å². The molecule has 1 aliphatic heterocycles. The second-order valence-corrected chi connectivity index (χ2v) is 7.86. The summed E-state index contributed by atoms with van der Waals surface area (Å²) in [6.45, 7) is 5.81. The highest BCUT2D eigenvalue weighted by molar-refractivity contribution is 6.06. The van der Waals surface area contributed by atoms with Gasteiger partial charge >= 0.3 is 0 Å². The van der Waals surface area contributed by atoms with Gasteiger partial charge in [-0.05, 0) is 57.9 Å². The average molecular weight is 381 g/mol. The van der Waals surface area contributed by atoms with E-state index < -0.39 is 6.10 Å². The number of benzene rings is 1. The van der Waals surface area contributed by atoms with Gasteiger partial charge in [0.25, 0.3) is 11.8 Å². The Labute approximate surface area is 165 Å². The van der Waals surface area contributed by atoms with Gasteiger partial charge in [0, 0.05) is 23.1 Å². The topological polar surface area (TPSA) is 72.4 Å². The van der Waals surface area contributed by atoms with Gasteiger partial charge in [0.2, 0.25) is 0 Å². The predicted molar refractivity (Wildman–Crippen MR) is 109 cm³/mol. The molecule has 6 nitrogen and oxygen atoms in total. The number of rotatable bonds is 3. The average Bonchev–Trinajstić information content (AvgIpc) is 2.98. The minimum atomic E-state index is -0.516. The molecule has 148 valence electrons. The lowest BCUT2D eigenvalue weighted by molar-refractivity contribution is -0.122. The fraction of sp³-hybridized carbons (Fsp3) is 0.455. The first-order valence-corrected chi connectivity index (χ1v) is 10.1. The highest BCUT2D eigenvalue weighted by Gasteiger charge is 2.25. The quantitative estimate of drug-likeness (QED) is 0.817. The number of carbonyl (C=O) groups excluding carboxylic acids is 2. The molecule has 6 heteroatoms. The van der Waals surface area contributed by atoms with Gasteiger partial charge in [0.15, 0.2) is 6.10 Å². The van der Waals surface area contributed by atoms with Crippen molar-refractivity contribution in [2.75, 3.05) is 10.6 Å². The maximum absolute atomic E-state index is 12.9. The number of carbonyl (C=O) groups is 2. The van der Waals surface area contributed by atoms with Crippen LogP contribution in [-0.4, -0.2) is 22.5 Å². The van der Waals surface area contributed by atoms with Crippen LogP contribution in [0.15, 0.2) is 24.3 Å². The number of anilines is 2. The minimum Gasteiger partial charge on any atom is -0.479 e. The van der Waals surface area contributed by atoms with Crippen molar-refractivity contribution in [3.63, 3.8) is 0 Å². The molecule has 1 fully saturated rings. The van der Waals surface area contributed by atoms with Gasteiger partial charge in [-0.3, -0.25) is 9.59 Å². The molecule has 1 aromatic heterocycles. The van der Waals surface area contributed by atoms with Crippen LogP contribution in [-0.2, 0) is 4.79 Å². The maximum atomic E-state index is 12.9. The summed E-state index contributed by atoms with van der Waals surface area (Å²) in [7, 11) is 0. The van der Waals surface area contributed by atoms with Crippen molar-refractivity contribution in [2.24, 2.45) is 0 Å². The van der Waals surface area contributed by atoms with Crippen molar-refractivity contribution in [1.82, 2.24) is 4.57 Å². The van der Waals surface area contributed by atoms with Crippen molar-refractivity contribution in [3.05, 3.63) is 41.2 Å². The molecular formula is C22H27N3O3. The zero-order valence-corrected chi connectivity index (χ0v) is 16.7. The number of nitrogens with zero attached hydrogens (tertiary/aromatic N) is 1. The molecule has 2 amide bonds. The van der Waals surface area contributed by atoms with Gasteiger partial charge in [-0.15, -0.1) is 0 Å². The van der Waals surface area contributed by atoms with Crippen LogP contribution in [0.4, 0.5) is 11.4 Å². The largest absolute Gasteiger partial charge is 0.479 e. The van der Waals surface area contributed by atoms with Gasteiger partial charge in [-0.25, -0.2) is 0 Å². The van der Waals surface area contributed by atoms with Crippen LogP contribution in [0.3, 0.4) is 0 Å². The molecule has 0 unspecified atom stereocenters. The smallest absolute Gasteiger partial charge is 0.265 e. The molecule has 0 saturated heterocycles. The summed E-state index contributed by atoms with van der Waals surface area (Å²) in [6.07, 6.45) is 5.66.